The van der Waals surface area contributed by atoms with Gasteiger partial charge in [-0.15, -0.1) is 12.3 Å². The van der Waals surface area contributed by atoms with E-state index in [4.69, 9.17) is 6.42 Å². The summed E-state index contributed by atoms with van der Waals surface area (Å²) in [6.07, 6.45) is 7.58. The maximum atomic E-state index is 12.2. The number of benzene rings is 2. The van der Waals surface area contributed by atoms with Crippen molar-refractivity contribution in [2.24, 2.45) is 16.1 Å². The highest BCUT2D eigenvalue weighted by atomic mass is 16.4. The van der Waals surface area contributed by atoms with Crippen LogP contribution in [0, 0.1) is 18.3 Å². The number of carboxylic acids is 1. The quantitative estimate of drug-likeness (QED) is 0.620. The van der Waals surface area contributed by atoms with Gasteiger partial charge in [-0.25, -0.2) is 0 Å². The topological polar surface area (TPSA) is 91.1 Å². The van der Waals surface area contributed by atoms with E-state index in [1.165, 1.54) is 0 Å². The van der Waals surface area contributed by atoms with Crippen molar-refractivity contribution in [3.05, 3.63) is 48.0 Å². The van der Waals surface area contributed by atoms with Crippen molar-refractivity contribution in [3.63, 3.8) is 0 Å². The van der Waals surface area contributed by atoms with E-state index in [2.05, 4.69) is 21.5 Å². The molecule has 0 saturated carbocycles. The zero-order valence-electron chi connectivity index (χ0n) is 15.6. The van der Waals surface area contributed by atoms with E-state index in [-0.39, 0.29) is 18.9 Å². The van der Waals surface area contributed by atoms with Crippen LogP contribution in [0.3, 0.4) is 0 Å². The van der Waals surface area contributed by atoms with Crippen LogP contribution in [0.1, 0.15) is 31.2 Å². The third-order valence-corrected chi connectivity index (χ3v) is 5.05. The first-order valence-corrected chi connectivity index (χ1v) is 9.37. The molecule has 28 heavy (non-hydrogen) atoms. The van der Waals surface area contributed by atoms with Gasteiger partial charge in [0.15, 0.2) is 5.66 Å². The molecule has 2 aromatic carbocycles. The summed E-state index contributed by atoms with van der Waals surface area (Å²) in [6, 6.07) is 13.7. The molecule has 1 atom stereocenters. The minimum absolute atomic E-state index is 0.0863. The highest BCUT2D eigenvalue weighted by molar-refractivity contribution is 5.86. The molecule has 1 heterocycles. The average molecular weight is 377 g/mol. The van der Waals surface area contributed by atoms with Gasteiger partial charge in [-0.2, -0.15) is 10.2 Å². The number of carbonyl (C=O) groups is 2. The Morgan fingerprint density at radius 2 is 1.89 bits per heavy atom. The molecular formula is C22H23N3O3. The highest BCUT2D eigenvalue weighted by Gasteiger charge is 2.39. The van der Waals surface area contributed by atoms with Crippen molar-refractivity contribution < 1.29 is 14.7 Å². The monoisotopic (exact) mass is 377 g/mol. The van der Waals surface area contributed by atoms with Crippen LogP contribution >= 0.6 is 0 Å². The van der Waals surface area contributed by atoms with Gasteiger partial charge in [0.25, 0.3) is 0 Å². The Labute approximate surface area is 164 Å². The Morgan fingerprint density at radius 1 is 1.14 bits per heavy atom. The van der Waals surface area contributed by atoms with Gasteiger partial charge in [0.1, 0.15) is 0 Å². The summed E-state index contributed by atoms with van der Waals surface area (Å²) >= 11 is 0. The molecule has 144 valence electrons. The Balaban J connectivity index is 1.54. The number of amides is 1. The predicted molar refractivity (Wildman–Crippen MR) is 107 cm³/mol. The lowest BCUT2D eigenvalue weighted by Crippen LogP contribution is -2.34. The molecule has 0 aliphatic carbocycles. The minimum Gasteiger partial charge on any atom is -0.481 e. The van der Waals surface area contributed by atoms with Crippen molar-refractivity contribution >= 4 is 22.6 Å². The Bertz CT molecular complexity index is 934. The third-order valence-electron chi connectivity index (χ3n) is 5.05. The third kappa shape index (κ3) is 4.95. The first kappa shape index (κ1) is 19.6. The molecule has 1 amide bonds. The summed E-state index contributed by atoms with van der Waals surface area (Å²) in [6.45, 7) is 0.0863. The van der Waals surface area contributed by atoms with Crippen molar-refractivity contribution in [2.45, 2.75) is 37.8 Å². The number of aliphatic carboxylic acids is 1. The van der Waals surface area contributed by atoms with Crippen LogP contribution in [-0.4, -0.2) is 29.2 Å². The van der Waals surface area contributed by atoms with Gasteiger partial charge in [-0.3, -0.25) is 9.59 Å². The second kappa shape index (κ2) is 8.66. The van der Waals surface area contributed by atoms with Gasteiger partial charge in [-0.1, -0.05) is 42.5 Å². The lowest BCUT2D eigenvalue weighted by atomic mass is 9.94. The van der Waals surface area contributed by atoms with E-state index in [1.54, 1.807) is 0 Å². The predicted octanol–water partition coefficient (Wildman–Crippen LogP) is 3.56. The second-order valence-corrected chi connectivity index (χ2v) is 7.07. The van der Waals surface area contributed by atoms with Crippen LogP contribution in [0.2, 0.25) is 0 Å². The van der Waals surface area contributed by atoms with E-state index < -0.39 is 17.6 Å². The fourth-order valence-electron chi connectivity index (χ4n) is 3.29. The Kier molecular flexibility index (Phi) is 6.05. The van der Waals surface area contributed by atoms with Gasteiger partial charge >= 0.3 is 5.97 Å². The maximum Gasteiger partial charge on any atom is 0.308 e. The van der Waals surface area contributed by atoms with Crippen LogP contribution in [0.4, 0.5) is 0 Å². The molecule has 2 N–H and O–H groups in total. The van der Waals surface area contributed by atoms with Crippen molar-refractivity contribution in [3.8, 4) is 12.3 Å². The van der Waals surface area contributed by atoms with Gasteiger partial charge < -0.3 is 10.4 Å². The van der Waals surface area contributed by atoms with E-state index in [0.717, 1.165) is 16.3 Å². The molecule has 0 fully saturated rings. The molecule has 1 aliphatic heterocycles. The molecule has 0 bridgehead atoms. The fraction of sp³-hybridized carbons (Fsp3) is 0.364. The first-order chi connectivity index (χ1) is 13.5. The minimum atomic E-state index is -0.925. The average Bonchev–Trinajstić information content (AvgIpc) is 3.48. The lowest BCUT2D eigenvalue weighted by Gasteiger charge is -2.15. The van der Waals surface area contributed by atoms with Gasteiger partial charge in [0, 0.05) is 32.2 Å². The van der Waals surface area contributed by atoms with E-state index in [1.807, 2.05) is 42.5 Å². The van der Waals surface area contributed by atoms with Crippen LogP contribution in [0.15, 0.2) is 52.7 Å². The summed E-state index contributed by atoms with van der Waals surface area (Å²) in [5.74, 6) is 0.742. The highest BCUT2D eigenvalue weighted by Crippen LogP contribution is 2.37. The van der Waals surface area contributed by atoms with Crippen molar-refractivity contribution in [1.29, 1.82) is 0 Å². The lowest BCUT2D eigenvalue weighted by molar-refractivity contribution is -0.141. The number of nitrogens with one attached hydrogen (secondary N) is 1. The fourth-order valence-corrected chi connectivity index (χ4v) is 3.29. The Morgan fingerprint density at radius 3 is 2.61 bits per heavy atom. The Hall–Kier alpha value is -3.20. The number of hydrogen-bond acceptors (Lipinski definition) is 4. The van der Waals surface area contributed by atoms with E-state index >= 15 is 0 Å². The maximum absolute atomic E-state index is 12.2. The van der Waals surface area contributed by atoms with E-state index in [0.29, 0.717) is 25.7 Å². The molecule has 0 aromatic heterocycles. The molecule has 6 heteroatoms. The number of carboxylic acid groups (broad SMARTS) is 1. The molecule has 0 spiro atoms. The van der Waals surface area contributed by atoms with Gasteiger partial charge in [0.2, 0.25) is 5.91 Å². The van der Waals surface area contributed by atoms with Gasteiger partial charge in [-0.05, 0) is 22.8 Å². The van der Waals surface area contributed by atoms with Crippen LogP contribution in [0.25, 0.3) is 10.8 Å². The molecule has 1 aliphatic rings. The molecule has 0 radical (unpaired) electrons. The SMILES string of the molecule is C#CCCC1(CCC(=O)NCC(Cc2cccc3ccccc23)C(=O)O)N=N1. The van der Waals surface area contributed by atoms with E-state index in [9.17, 15) is 14.7 Å². The van der Waals surface area contributed by atoms with Crippen molar-refractivity contribution in [1.82, 2.24) is 5.32 Å². The molecular weight excluding hydrogens is 354 g/mol. The summed E-state index contributed by atoms with van der Waals surface area (Å²) in [5.41, 5.74) is 0.461. The second-order valence-electron chi connectivity index (χ2n) is 7.07. The largest absolute Gasteiger partial charge is 0.481 e. The van der Waals surface area contributed by atoms with Gasteiger partial charge in [0.05, 0.1) is 5.92 Å². The zero-order chi connectivity index (χ0) is 20.0. The normalized spacial score (nSPS) is 15.0. The molecule has 6 nitrogen and oxygen atoms in total. The smallest absolute Gasteiger partial charge is 0.308 e. The van der Waals surface area contributed by atoms with Crippen LogP contribution in [0.5, 0.6) is 0 Å². The van der Waals surface area contributed by atoms with Crippen molar-refractivity contribution in [2.75, 3.05) is 6.54 Å². The number of rotatable bonds is 10. The molecule has 0 saturated heterocycles. The zero-order valence-corrected chi connectivity index (χ0v) is 15.6. The number of carbonyl (C=O) groups excluding carboxylic acids is 1. The summed E-state index contributed by atoms with van der Waals surface area (Å²) in [4.78, 5) is 23.9. The molecule has 2 aromatic rings. The standard InChI is InChI=1S/C22H23N3O3/c1-2-3-12-22(24-25-22)13-11-20(26)23-15-18(21(27)28)14-17-9-6-8-16-7-4-5-10-19(16)17/h1,4-10,18H,3,11-15H2,(H,23,26)(H,27,28). The van der Waals surface area contributed by atoms with Crippen LogP contribution in [-0.2, 0) is 16.0 Å². The number of nitrogens with zero attached hydrogens (tertiary/aromatic N) is 2. The summed E-state index contributed by atoms with van der Waals surface area (Å²) in [7, 11) is 0. The first-order valence-electron chi connectivity index (χ1n) is 9.37. The number of hydrogen-bond donors (Lipinski definition) is 2. The summed E-state index contributed by atoms with van der Waals surface area (Å²) < 4.78 is 0. The number of terminal acetylenes is 1. The van der Waals surface area contributed by atoms with Crippen LogP contribution < -0.4 is 5.32 Å². The summed E-state index contributed by atoms with van der Waals surface area (Å²) in [5, 5.41) is 22.5. The molecule has 1 unspecified atom stereocenters. The molecule has 3 rings (SSSR count). The number of fused-ring (bicyclic) bond motifs is 1.